The molecule has 0 atom stereocenters. The van der Waals surface area contributed by atoms with Crippen LogP contribution in [-0.2, 0) is 0 Å². The lowest BCUT2D eigenvalue weighted by Gasteiger charge is -2.26. The monoisotopic (exact) mass is 284 g/mol. The van der Waals surface area contributed by atoms with Gasteiger partial charge in [0.1, 0.15) is 5.02 Å². The lowest BCUT2D eigenvalue weighted by Crippen LogP contribution is -2.37. The van der Waals surface area contributed by atoms with Crippen molar-refractivity contribution in [1.29, 1.82) is 0 Å². The van der Waals surface area contributed by atoms with E-state index in [2.05, 4.69) is 0 Å². The minimum atomic E-state index is -0.585. The van der Waals surface area contributed by atoms with E-state index in [-0.39, 0.29) is 28.2 Å². The first-order valence-corrected chi connectivity index (χ1v) is 6.51. The van der Waals surface area contributed by atoms with E-state index in [1.807, 2.05) is 20.8 Å². The molecular weight excluding hydrogens is 268 g/mol. The molecule has 0 radical (unpaired) electrons. The summed E-state index contributed by atoms with van der Waals surface area (Å²) in [6.45, 7) is 6.37. The Morgan fingerprint density at radius 3 is 2.58 bits per heavy atom. The lowest BCUT2D eigenvalue weighted by molar-refractivity contribution is -0.384. The van der Waals surface area contributed by atoms with Gasteiger partial charge in [-0.25, -0.2) is 0 Å². The zero-order valence-corrected chi connectivity index (χ0v) is 12.0. The molecule has 0 aliphatic heterocycles. The molecule has 1 amide bonds. The van der Waals surface area contributed by atoms with Crippen molar-refractivity contribution in [3.8, 4) is 0 Å². The van der Waals surface area contributed by atoms with Gasteiger partial charge >= 0.3 is 0 Å². The van der Waals surface area contributed by atoms with E-state index >= 15 is 0 Å². The third-order valence-corrected chi connectivity index (χ3v) is 3.15. The molecule has 0 saturated carbocycles. The highest BCUT2D eigenvalue weighted by molar-refractivity contribution is 6.35. The van der Waals surface area contributed by atoms with Crippen molar-refractivity contribution < 1.29 is 9.72 Å². The highest BCUT2D eigenvalue weighted by Crippen LogP contribution is 2.29. The molecule has 1 aromatic rings. The van der Waals surface area contributed by atoms with Gasteiger partial charge < -0.3 is 4.90 Å². The van der Waals surface area contributed by atoms with Crippen molar-refractivity contribution in [1.82, 2.24) is 4.90 Å². The molecule has 19 heavy (non-hydrogen) atoms. The van der Waals surface area contributed by atoms with Gasteiger partial charge in [-0.2, -0.15) is 0 Å². The van der Waals surface area contributed by atoms with Gasteiger partial charge in [-0.05, 0) is 26.3 Å². The van der Waals surface area contributed by atoms with Crippen LogP contribution < -0.4 is 0 Å². The number of rotatable bonds is 5. The van der Waals surface area contributed by atoms with Gasteiger partial charge in [0.25, 0.3) is 11.6 Å². The van der Waals surface area contributed by atoms with Crippen LogP contribution in [0.4, 0.5) is 5.69 Å². The van der Waals surface area contributed by atoms with Gasteiger partial charge in [-0.3, -0.25) is 14.9 Å². The molecule has 0 bridgehead atoms. The third-order valence-electron chi connectivity index (χ3n) is 2.75. The molecule has 5 nitrogen and oxygen atoms in total. The van der Waals surface area contributed by atoms with Crippen molar-refractivity contribution >= 4 is 23.2 Å². The summed E-state index contributed by atoms with van der Waals surface area (Å²) in [5.74, 6) is -0.273. The van der Waals surface area contributed by atoms with Crippen molar-refractivity contribution in [2.24, 2.45) is 0 Å². The van der Waals surface area contributed by atoms with E-state index in [0.29, 0.717) is 6.54 Å². The summed E-state index contributed by atoms with van der Waals surface area (Å²) in [5, 5.41) is 10.7. The number of hydrogen-bond donors (Lipinski definition) is 0. The van der Waals surface area contributed by atoms with Gasteiger partial charge in [-0.1, -0.05) is 24.6 Å². The van der Waals surface area contributed by atoms with Gasteiger partial charge in [0.2, 0.25) is 0 Å². The molecule has 0 N–H and O–H groups in total. The van der Waals surface area contributed by atoms with E-state index < -0.39 is 4.92 Å². The number of nitro groups is 1. The maximum atomic E-state index is 12.4. The number of amides is 1. The first-order chi connectivity index (χ1) is 8.90. The van der Waals surface area contributed by atoms with E-state index in [0.717, 1.165) is 6.42 Å². The number of nitro benzene ring substituents is 1. The number of hydrogen-bond acceptors (Lipinski definition) is 3. The number of benzene rings is 1. The maximum Gasteiger partial charge on any atom is 0.288 e. The van der Waals surface area contributed by atoms with Crippen LogP contribution in [0.3, 0.4) is 0 Å². The fourth-order valence-electron chi connectivity index (χ4n) is 1.82. The van der Waals surface area contributed by atoms with Gasteiger partial charge in [0.05, 0.1) is 10.5 Å². The normalized spacial score (nSPS) is 10.6. The van der Waals surface area contributed by atoms with Crippen LogP contribution in [0.5, 0.6) is 0 Å². The predicted octanol–water partition coefficient (Wildman–Crippen LogP) is 3.51. The second-order valence-electron chi connectivity index (χ2n) is 4.49. The molecule has 0 heterocycles. The molecule has 1 aromatic carbocycles. The van der Waals surface area contributed by atoms with Crippen LogP contribution in [-0.4, -0.2) is 28.3 Å². The molecule has 0 saturated heterocycles. The minimum Gasteiger partial charge on any atom is -0.336 e. The zero-order chi connectivity index (χ0) is 14.6. The Hall–Kier alpha value is -1.62. The van der Waals surface area contributed by atoms with Crippen molar-refractivity contribution in [3.63, 3.8) is 0 Å². The van der Waals surface area contributed by atoms with Gasteiger partial charge in [0, 0.05) is 18.7 Å². The van der Waals surface area contributed by atoms with Crippen LogP contribution >= 0.6 is 11.6 Å². The predicted molar refractivity (Wildman–Crippen MR) is 74.6 cm³/mol. The fourth-order valence-corrected chi connectivity index (χ4v) is 2.09. The molecular formula is C13H17ClN2O3. The SMILES string of the molecule is CCCN(C(=O)c1cccc([N+](=O)[O-])c1Cl)C(C)C. The summed E-state index contributed by atoms with van der Waals surface area (Å²) < 4.78 is 0. The third kappa shape index (κ3) is 3.44. The zero-order valence-electron chi connectivity index (χ0n) is 11.2. The number of nitrogens with zero attached hydrogens (tertiary/aromatic N) is 2. The first-order valence-electron chi connectivity index (χ1n) is 6.14. The smallest absolute Gasteiger partial charge is 0.288 e. The highest BCUT2D eigenvalue weighted by atomic mass is 35.5. The Morgan fingerprint density at radius 2 is 2.11 bits per heavy atom. The van der Waals surface area contributed by atoms with Crippen molar-refractivity contribution in [3.05, 3.63) is 38.9 Å². The van der Waals surface area contributed by atoms with Gasteiger partial charge in [-0.15, -0.1) is 0 Å². The number of halogens is 1. The van der Waals surface area contributed by atoms with E-state index in [4.69, 9.17) is 11.6 Å². The van der Waals surface area contributed by atoms with Gasteiger partial charge in [0.15, 0.2) is 0 Å². The first kappa shape index (κ1) is 15.4. The Kier molecular flexibility index (Phi) is 5.30. The van der Waals surface area contributed by atoms with Crippen LogP contribution in [0.2, 0.25) is 5.02 Å². The highest BCUT2D eigenvalue weighted by Gasteiger charge is 2.24. The Morgan fingerprint density at radius 1 is 1.47 bits per heavy atom. The Bertz CT molecular complexity index is 489. The van der Waals surface area contributed by atoms with Crippen molar-refractivity contribution in [2.75, 3.05) is 6.54 Å². The second-order valence-corrected chi connectivity index (χ2v) is 4.87. The molecule has 0 spiro atoms. The van der Waals surface area contributed by atoms with Crippen LogP contribution in [0.25, 0.3) is 0 Å². The standard InChI is InChI=1S/C13H17ClN2O3/c1-4-8-15(9(2)3)13(17)10-6-5-7-11(12(10)14)16(18)19/h5-7,9H,4,8H2,1-3H3. The van der Waals surface area contributed by atoms with Crippen LogP contribution in [0.15, 0.2) is 18.2 Å². The molecule has 0 aromatic heterocycles. The second kappa shape index (κ2) is 6.52. The van der Waals surface area contributed by atoms with Crippen molar-refractivity contribution in [2.45, 2.75) is 33.2 Å². The summed E-state index contributed by atoms with van der Waals surface area (Å²) >= 11 is 5.96. The average molecular weight is 285 g/mol. The van der Waals surface area contributed by atoms with Crippen LogP contribution in [0, 0.1) is 10.1 Å². The van der Waals surface area contributed by atoms with E-state index in [1.165, 1.54) is 18.2 Å². The topological polar surface area (TPSA) is 63.5 Å². The van der Waals surface area contributed by atoms with Crippen LogP contribution in [0.1, 0.15) is 37.6 Å². The summed E-state index contributed by atoms with van der Waals surface area (Å²) in [4.78, 5) is 24.3. The lowest BCUT2D eigenvalue weighted by atomic mass is 10.1. The molecule has 0 fully saturated rings. The van der Waals surface area contributed by atoms with E-state index in [9.17, 15) is 14.9 Å². The minimum absolute atomic E-state index is 0.0165. The largest absolute Gasteiger partial charge is 0.336 e. The maximum absolute atomic E-state index is 12.4. The summed E-state index contributed by atoms with van der Waals surface area (Å²) in [7, 11) is 0. The molecule has 0 unspecified atom stereocenters. The average Bonchev–Trinajstić information content (AvgIpc) is 2.34. The summed E-state index contributed by atoms with van der Waals surface area (Å²) in [6.07, 6.45) is 0.816. The summed E-state index contributed by atoms with van der Waals surface area (Å²) in [5.41, 5.74) is -0.0641. The molecule has 1 rings (SSSR count). The van der Waals surface area contributed by atoms with E-state index in [1.54, 1.807) is 4.90 Å². The Balaban J connectivity index is 3.18. The molecule has 0 aliphatic rings. The number of carbonyl (C=O) groups is 1. The quantitative estimate of drug-likeness (QED) is 0.614. The molecule has 0 aliphatic carbocycles. The Labute approximate surface area is 117 Å². The fraction of sp³-hybridized carbons (Fsp3) is 0.462. The molecule has 6 heteroatoms. The summed E-state index contributed by atoms with van der Waals surface area (Å²) in [6, 6.07) is 4.30. The number of carbonyl (C=O) groups excluding carboxylic acids is 1. The molecule has 104 valence electrons.